The molecule has 110 valence electrons. The maximum atomic E-state index is 12.2. The lowest BCUT2D eigenvalue weighted by atomic mass is 10.1. The normalized spacial score (nSPS) is 10.2. The van der Waals surface area contributed by atoms with Crippen LogP contribution in [0.1, 0.15) is 17.3 Å². The van der Waals surface area contributed by atoms with Crippen molar-refractivity contribution in [1.82, 2.24) is 0 Å². The Kier molecular flexibility index (Phi) is 4.94. The molecule has 1 amide bonds. The highest BCUT2D eigenvalue weighted by molar-refractivity contribution is 6.42. The first kappa shape index (κ1) is 15.5. The maximum absolute atomic E-state index is 12.2. The predicted molar refractivity (Wildman–Crippen MR) is 86.4 cm³/mol. The van der Waals surface area contributed by atoms with Gasteiger partial charge in [0, 0.05) is 23.0 Å². The number of ether oxygens (including phenoxy) is 1. The van der Waals surface area contributed by atoms with Crippen molar-refractivity contribution in [2.24, 2.45) is 0 Å². The SMILES string of the molecule is CCOc1cc(N)cc(C(=O)Nc2ccc(Cl)c(Cl)c2)c1. The Balaban J connectivity index is 2.21. The summed E-state index contributed by atoms with van der Waals surface area (Å²) in [5.41, 5.74) is 7.18. The van der Waals surface area contributed by atoms with Gasteiger partial charge >= 0.3 is 0 Å². The van der Waals surface area contributed by atoms with E-state index in [4.69, 9.17) is 33.7 Å². The third kappa shape index (κ3) is 4.03. The molecule has 21 heavy (non-hydrogen) atoms. The molecule has 0 aliphatic rings. The molecule has 0 unspecified atom stereocenters. The number of rotatable bonds is 4. The van der Waals surface area contributed by atoms with Crippen LogP contribution >= 0.6 is 23.2 Å². The molecule has 0 aromatic heterocycles. The van der Waals surface area contributed by atoms with Crippen LogP contribution in [-0.4, -0.2) is 12.5 Å². The fraction of sp³-hybridized carbons (Fsp3) is 0.133. The summed E-state index contributed by atoms with van der Waals surface area (Å²) in [6, 6.07) is 9.74. The largest absolute Gasteiger partial charge is 0.494 e. The van der Waals surface area contributed by atoms with Gasteiger partial charge in [-0.25, -0.2) is 0 Å². The van der Waals surface area contributed by atoms with Gasteiger partial charge in [-0.3, -0.25) is 4.79 Å². The van der Waals surface area contributed by atoms with Crippen molar-refractivity contribution in [3.05, 3.63) is 52.0 Å². The van der Waals surface area contributed by atoms with Crippen LogP contribution in [0.25, 0.3) is 0 Å². The fourth-order valence-corrected chi connectivity index (χ4v) is 2.08. The summed E-state index contributed by atoms with van der Waals surface area (Å²) in [6.45, 7) is 2.36. The van der Waals surface area contributed by atoms with E-state index in [-0.39, 0.29) is 5.91 Å². The highest BCUT2D eigenvalue weighted by atomic mass is 35.5. The number of nitrogen functional groups attached to an aromatic ring is 1. The highest BCUT2D eigenvalue weighted by Gasteiger charge is 2.10. The molecule has 0 bridgehead atoms. The van der Waals surface area contributed by atoms with Crippen LogP contribution in [0.3, 0.4) is 0 Å². The molecule has 0 radical (unpaired) electrons. The molecule has 4 nitrogen and oxygen atoms in total. The summed E-state index contributed by atoms with van der Waals surface area (Å²) in [5.74, 6) is 0.249. The zero-order valence-corrected chi connectivity index (χ0v) is 12.8. The molecular weight excluding hydrogens is 311 g/mol. The molecule has 0 heterocycles. The third-order valence-electron chi connectivity index (χ3n) is 2.68. The van der Waals surface area contributed by atoms with Gasteiger partial charge in [0.2, 0.25) is 0 Å². The van der Waals surface area contributed by atoms with Crippen LogP contribution in [0, 0.1) is 0 Å². The molecule has 2 rings (SSSR count). The summed E-state index contributed by atoms with van der Waals surface area (Å²) in [6.07, 6.45) is 0. The Hall–Kier alpha value is -1.91. The van der Waals surface area contributed by atoms with Gasteiger partial charge in [0.15, 0.2) is 0 Å². The van der Waals surface area contributed by atoms with Gasteiger partial charge in [0.1, 0.15) is 5.75 Å². The van der Waals surface area contributed by atoms with Crippen LogP contribution in [0.4, 0.5) is 11.4 Å². The van der Waals surface area contributed by atoms with Gasteiger partial charge in [0.25, 0.3) is 5.91 Å². The Morgan fingerprint density at radius 3 is 2.62 bits per heavy atom. The first-order chi connectivity index (χ1) is 9.99. The molecular formula is C15H14Cl2N2O2. The van der Waals surface area contributed by atoms with Crippen molar-refractivity contribution in [3.8, 4) is 5.75 Å². The lowest BCUT2D eigenvalue weighted by Crippen LogP contribution is -2.12. The van der Waals surface area contributed by atoms with Crippen molar-refractivity contribution in [1.29, 1.82) is 0 Å². The van der Waals surface area contributed by atoms with Crippen LogP contribution in [0.15, 0.2) is 36.4 Å². The van der Waals surface area contributed by atoms with Gasteiger partial charge < -0.3 is 15.8 Å². The molecule has 0 saturated heterocycles. The molecule has 6 heteroatoms. The predicted octanol–water partition coefficient (Wildman–Crippen LogP) is 4.23. The van der Waals surface area contributed by atoms with Crippen molar-refractivity contribution < 1.29 is 9.53 Å². The fourth-order valence-electron chi connectivity index (χ4n) is 1.78. The topological polar surface area (TPSA) is 64.3 Å². The van der Waals surface area contributed by atoms with E-state index in [1.807, 2.05) is 6.92 Å². The van der Waals surface area contributed by atoms with E-state index in [1.54, 1.807) is 36.4 Å². The molecule has 0 spiro atoms. The Morgan fingerprint density at radius 2 is 1.95 bits per heavy atom. The second-order valence-electron chi connectivity index (χ2n) is 4.31. The van der Waals surface area contributed by atoms with E-state index in [0.717, 1.165) is 0 Å². The number of amides is 1. The molecule has 0 aliphatic heterocycles. The average Bonchev–Trinajstić information content (AvgIpc) is 2.42. The first-order valence-electron chi connectivity index (χ1n) is 6.29. The number of halogens is 2. The lowest BCUT2D eigenvalue weighted by Gasteiger charge is -2.09. The summed E-state index contributed by atoms with van der Waals surface area (Å²) in [5, 5.41) is 3.53. The lowest BCUT2D eigenvalue weighted by molar-refractivity contribution is 0.102. The van der Waals surface area contributed by atoms with E-state index in [1.165, 1.54) is 0 Å². The standard InChI is InChI=1S/C15H14Cl2N2O2/c1-2-21-12-6-9(5-10(18)7-12)15(20)19-11-3-4-13(16)14(17)8-11/h3-8H,2,18H2,1H3,(H,19,20). The number of carbonyl (C=O) groups is 1. The van der Waals surface area contributed by atoms with E-state index < -0.39 is 0 Å². The second kappa shape index (κ2) is 6.70. The van der Waals surface area contributed by atoms with E-state index in [9.17, 15) is 4.79 Å². The maximum Gasteiger partial charge on any atom is 0.255 e. The number of hydrogen-bond acceptors (Lipinski definition) is 3. The Morgan fingerprint density at radius 1 is 1.19 bits per heavy atom. The average molecular weight is 325 g/mol. The van der Waals surface area contributed by atoms with Crippen molar-refractivity contribution in [2.45, 2.75) is 6.92 Å². The minimum Gasteiger partial charge on any atom is -0.494 e. The molecule has 3 N–H and O–H groups in total. The van der Waals surface area contributed by atoms with Crippen LogP contribution in [0.5, 0.6) is 5.75 Å². The summed E-state index contributed by atoms with van der Waals surface area (Å²) in [4.78, 5) is 12.2. The van der Waals surface area contributed by atoms with Gasteiger partial charge in [-0.15, -0.1) is 0 Å². The van der Waals surface area contributed by atoms with Crippen LogP contribution in [0.2, 0.25) is 10.0 Å². The number of anilines is 2. The minimum absolute atomic E-state index is 0.304. The van der Waals surface area contributed by atoms with Gasteiger partial charge in [0.05, 0.1) is 16.7 Å². The zero-order chi connectivity index (χ0) is 15.4. The number of hydrogen-bond donors (Lipinski definition) is 2. The van der Waals surface area contributed by atoms with E-state index >= 15 is 0 Å². The summed E-state index contributed by atoms with van der Waals surface area (Å²) < 4.78 is 5.36. The van der Waals surface area contributed by atoms with Gasteiger partial charge in [-0.2, -0.15) is 0 Å². The summed E-state index contributed by atoms with van der Waals surface area (Å²) in [7, 11) is 0. The number of nitrogens with two attached hydrogens (primary N) is 1. The van der Waals surface area contributed by atoms with Crippen molar-refractivity contribution >= 4 is 40.5 Å². The zero-order valence-electron chi connectivity index (χ0n) is 11.3. The van der Waals surface area contributed by atoms with Crippen molar-refractivity contribution in [3.63, 3.8) is 0 Å². The number of benzene rings is 2. The monoisotopic (exact) mass is 324 g/mol. The molecule has 0 saturated carbocycles. The number of nitrogens with one attached hydrogen (secondary N) is 1. The minimum atomic E-state index is -0.304. The molecule has 0 fully saturated rings. The second-order valence-corrected chi connectivity index (χ2v) is 5.12. The molecule has 2 aromatic rings. The Labute approximate surface area is 132 Å². The van der Waals surface area contributed by atoms with E-state index in [0.29, 0.717) is 39.3 Å². The highest BCUT2D eigenvalue weighted by Crippen LogP contribution is 2.26. The third-order valence-corrected chi connectivity index (χ3v) is 3.42. The first-order valence-corrected chi connectivity index (χ1v) is 7.05. The van der Waals surface area contributed by atoms with Crippen LogP contribution in [-0.2, 0) is 0 Å². The molecule has 0 aliphatic carbocycles. The smallest absolute Gasteiger partial charge is 0.255 e. The molecule has 0 atom stereocenters. The van der Waals surface area contributed by atoms with Gasteiger partial charge in [-0.05, 0) is 37.3 Å². The summed E-state index contributed by atoms with van der Waals surface area (Å²) >= 11 is 11.7. The van der Waals surface area contributed by atoms with Crippen LogP contribution < -0.4 is 15.8 Å². The van der Waals surface area contributed by atoms with Crippen molar-refractivity contribution in [2.75, 3.05) is 17.7 Å². The number of carbonyl (C=O) groups excluding carboxylic acids is 1. The van der Waals surface area contributed by atoms with Gasteiger partial charge in [-0.1, -0.05) is 23.2 Å². The van der Waals surface area contributed by atoms with E-state index in [2.05, 4.69) is 5.32 Å². The molecule has 2 aromatic carbocycles. The Bertz CT molecular complexity index is 675. The quantitative estimate of drug-likeness (QED) is 0.827.